The highest BCUT2D eigenvalue weighted by molar-refractivity contribution is 6.28. The number of hydrogen-bond acceptors (Lipinski definition) is 2. The maximum absolute atomic E-state index is 2.47. The minimum atomic E-state index is 1.10. The highest BCUT2D eigenvalue weighted by atomic mass is 15.2. The van der Waals surface area contributed by atoms with Crippen molar-refractivity contribution in [2.75, 3.05) is 9.80 Å². The smallest absolute Gasteiger partial charge is 0.117 e. The van der Waals surface area contributed by atoms with E-state index in [-0.39, 0.29) is 0 Å². The summed E-state index contributed by atoms with van der Waals surface area (Å²) in [7, 11) is 2.20. The fraction of sp³-hybridized carbons (Fsp3) is 0.0175. The molecule has 12 rings (SSSR count). The van der Waals surface area contributed by atoms with Crippen LogP contribution >= 0.6 is 0 Å². The molecule has 0 spiro atoms. The minimum Gasteiger partial charge on any atom is -0.330 e. The Kier molecular flexibility index (Phi) is 7.76. The lowest BCUT2D eigenvalue weighted by atomic mass is 9.90. The highest BCUT2D eigenvalue weighted by Gasteiger charge is 2.23. The van der Waals surface area contributed by atoms with Crippen LogP contribution in [0.15, 0.2) is 218 Å². The molecule has 12 aromatic rings. The molecular formula is C57H39N3. The van der Waals surface area contributed by atoms with E-state index in [9.17, 15) is 0 Å². The lowest BCUT2D eigenvalue weighted by molar-refractivity contribution is 0.922. The first-order valence-electron chi connectivity index (χ1n) is 20.7. The van der Waals surface area contributed by atoms with Crippen LogP contribution in [-0.4, -0.2) is 4.57 Å². The number of rotatable bonds is 7. The third-order valence-electron chi connectivity index (χ3n) is 12.5. The van der Waals surface area contributed by atoms with Crippen LogP contribution in [-0.2, 0) is 7.05 Å². The number of anilines is 6. The summed E-state index contributed by atoms with van der Waals surface area (Å²) in [6.07, 6.45) is 0. The molecule has 0 aliphatic heterocycles. The van der Waals surface area contributed by atoms with Crippen LogP contribution in [0.5, 0.6) is 0 Å². The summed E-state index contributed by atoms with van der Waals surface area (Å²) >= 11 is 0. The topological polar surface area (TPSA) is 11.4 Å². The molecule has 0 aliphatic carbocycles. The fourth-order valence-corrected chi connectivity index (χ4v) is 9.63. The number of para-hydroxylation sites is 1. The third-order valence-corrected chi connectivity index (χ3v) is 12.5. The first kappa shape index (κ1) is 34.2. The van der Waals surface area contributed by atoms with Gasteiger partial charge < -0.3 is 9.47 Å². The summed E-state index contributed by atoms with van der Waals surface area (Å²) in [5, 5.41) is 14.9. The molecule has 0 N–H and O–H groups in total. The monoisotopic (exact) mass is 765 g/mol. The van der Waals surface area contributed by atoms with Gasteiger partial charge in [0.05, 0.1) is 17.1 Å². The Bertz CT molecular complexity index is 3580. The van der Waals surface area contributed by atoms with Crippen molar-refractivity contribution in [2.45, 2.75) is 0 Å². The fourth-order valence-electron chi connectivity index (χ4n) is 9.63. The van der Waals surface area contributed by atoms with E-state index in [0.29, 0.717) is 0 Å². The Morgan fingerprint density at radius 3 is 1.58 bits per heavy atom. The van der Waals surface area contributed by atoms with Gasteiger partial charge in [-0.3, -0.25) is 4.90 Å². The summed E-state index contributed by atoms with van der Waals surface area (Å²) in [5.41, 5.74) is 8.06. The molecule has 60 heavy (non-hydrogen) atoms. The molecule has 0 aliphatic rings. The molecule has 0 amide bonds. The van der Waals surface area contributed by atoms with Crippen molar-refractivity contribution in [3.63, 3.8) is 0 Å². The van der Waals surface area contributed by atoms with E-state index in [0.717, 1.165) is 34.3 Å². The van der Waals surface area contributed by atoms with E-state index in [1.807, 2.05) is 0 Å². The van der Waals surface area contributed by atoms with Gasteiger partial charge in [-0.15, -0.1) is 0 Å². The zero-order valence-corrected chi connectivity index (χ0v) is 33.1. The second-order valence-electron chi connectivity index (χ2n) is 15.8. The SMILES string of the molecule is Cn1c(-c2ccc3ccc4c(N(c5ccc6ccccc6c5)c5cccc6ccccc56)ccc5ccc2c3c54)ccc1N(c1ccccc1)c1ccc2ccccc2c1. The van der Waals surface area contributed by atoms with Crippen molar-refractivity contribution in [1.82, 2.24) is 4.57 Å². The van der Waals surface area contributed by atoms with Crippen molar-refractivity contribution < 1.29 is 0 Å². The number of nitrogens with zero attached hydrogens (tertiary/aromatic N) is 3. The normalized spacial score (nSPS) is 11.8. The summed E-state index contributed by atoms with van der Waals surface area (Å²) in [4.78, 5) is 4.84. The molecule has 282 valence electrons. The number of fused-ring (bicyclic) bond motifs is 3. The van der Waals surface area contributed by atoms with Crippen LogP contribution in [0.3, 0.4) is 0 Å². The van der Waals surface area contributed by atoms with Crippen molar-refractivity contribution in [1.29, 1.82) is 0 Å². The van der Waals surface area contributed by atoms with Gasteiger partial charge in [-0.05, 0) is 115 Å². The molecule has 1 heterocycles. The molecule has 0 atom stereocenters. The number of hydrogen-bond donors (Lipinski definition) is 0. The molecule has 0 saturated carbocycles. The molecule has 0 saturated heterocycles. The van der Waals surface area contributed by atoms with Gasteiger partial charge in [0, 0.05) is 40.4 Å². The van der Waals surface area contributed by atoms with E-state index in [1.165, 1.54) is 75.9 Å². The van der Waals surface area contributed by atoms with Gasteiger partial charge in [-0.1, -0.05) is 158 Å². The van der Waals surface area contributed by atoms with Crippen LogP contribution in [0, 0.1) is 0 Å². The van der Waals surface area contributed by atoms with E-state index in [2.05, 4.69) is 240 Å². The molecule has 11 aromatic carbocycles. The van der Waals surface area contributed by atoms with E-state index < -0.39 is 0 Å². The number of benzene rings is 11. The van der Waals surface area contributed by atoms with Gasteiger partial charge in [-0.2, -0.15) is 0 Å². The molecule has 3 nitrogen and oxygen atoms in total. The van der Waals surface area contributed by atoms with Crippen molar-refractivity contribution >= 4 is 98.9 Å². The summed E-state index contributed by atoms with van der Waals surface area (Å²) < 4.78 is 2.35. The van der Waals surface area contributed by atoms with E-state index >= 15 is 0 Å². The van der Waals surface area contributed by atoms with Gasteiger partial charge in [0.1, 0.15) is 5.82 Å². The molecular weight excluding hydrogens is 727 g/mol. The van der Waals surface area contributed by atoms with E-state index in [4.69, 9.17) is 0 Å². The summed E-state index contributed by atoms with van der Waals surface area (Å²) in [5.74, 6) is 1.10. The minimum absolute atomic E-state index is 1.10. The second-order valence-corrected chi connectivity index (χ2v) is 15.8. The second kappa shape index (κ2) is 13.6. The Hall–Kier alpha value is -7.88. The molecule has 0 radical (unpaired) electrons. The lowest BCUT2D eigenvalue weighted by Gasteiger charge is -2.29. The van der Waals surface area contributed by atoms with Crippen LogP contribution in [0.25, 0.3) is 75.9 Å². The van der Waals surface area contributed by atoms with Crippen LogP contribution < -0.4 is 9.80 Å². The molecule has 1 aromatic heterocycles. The average Bonchev–Trinajstić information content (AvgIpc) is 3.68. The number of aromatic nitrogens is 1. The maximum atomic E-state index is 2.47. The summed E-state index contributed by atoms with van der Waals surface area (Å²) in [6.45, 7) is 0. The van der Waals surface area contributed by atoms with Crippen molar-refractivity contribution in [2.24, 2.45) is 7.05 Å². The molecule has 3 heteroatoms. The molecule has 0 fully saturated rings. The summed E-state index contributed by atoms with van der Waals surface area (Å²) in [6, 6.07) is 79.9. The van der Waals surface area contributed by atoms with Crippen LogP contribution in [0.1, 0.15) is 0 Å². The first-order valence-corrected chi connectivity index (χ1v) is 20.7. The quantitative estimate of drug-likeness (QED) is 0.150. The van der Waals surface area contributed by atoms with Gasteiger partial charge in [0.15, 0.2) is 0 Å². The lowest BCUT2D eigenvalue weighted by Crippen LogP contribution is -2.13. The Labute approximate surface area is 348 Å². The zero-order chi connectivity index (χ0) is 39.7. The zero-order valence-electron chi connectivity index (χ0n) is 33.1. The Balaban J connectivity index is 1.06. The first-order chi connectivity index (χ1) is 29.7. The Morgan fingerprint density at radius 1 is 0.317 bits per heavy atom. The van der Waals surface area contributed by atoms with Crippen LogP contribution in [0.4, 0.5) is 34.3 Å². The third kappa shape index (κ3) is 5.37. The molecule has 0 unspecified atom stereocenters. The van der Waals surface area contributed by atoms with E-state index in [1.54, 1.807) is 0 Å². The van der Waals surface area contributed by atoms with Crippen molar-refractivity contribution in [3.05, 3.63) is 218 Å². The van der Waals surface area contributed by atoms with Crippen molar-refractivity contribution in [3.8, 4) is 11.3 Å². The maximum Gasteiger partial charge on any atom is 0.117 e. The van der Waals surface area contributed by atoms with Gasteiger partial charge in [0.25, 0.3) is 0 Å². The largest absolute Gasteiger partial charge is 0.330 e. The standard InChI is InChI=1S/C57H39N3/c1-58-52(34-35-55(58)59(45-18-3-2-4-19-45)46-28-22-38-12-5-7-15-43(38)36-46)49-30-24-41-26-32-51-54(33-27-42-25-31-50(49)56(41)57(42)51)60(47-29-23-39-13-6-8-16-44(39)37-47)53-21-11-17-40-14-9-10-20-48(40)53/h2-37H,1H3. The average molecular weight is 766 g/mol. The predicted molar refractivity (Wildman–Crippen MR) is 256 cm³/mol. The van der Waals surface area contributed by atoms with Crippen LogP contribution in [0.2, 0.25) is 0 Å². The highest BCUT2D eigenvalue weighted by Crippen LogP contribution is 2.48. The van der Waals surface area contributed by atoms with Gasteiger partial charge in [0.2, 0.25) is 0 Å². The van der Waals surface area contributed by atoms with Gasteiger partial charge in [-0.25, -0.2) is 0 Å². The predicted octanol–water partition coefficient (Wildman–Crippen LogP) is 16.0. The molecule has 0 bridgehead atoms. The van der Waals surface area contributed by atoms with Gasteiger partial charge >= 0.3 is 0 Å². The Morgan fingerprint density at radius 2 is 0.850 bits per heavy atom.